The highest BCUT2D eigenvalue weighted by molar-refractivity contribution is 7.89. The van der Waals surface area contributed by atoms with Crippen LogP contribution in [0.4, 0.5) is 5.69 Å². The van der Waals surface area contributed by atoms with Crippen LogP contribution < -0.4 is 15.4 Å². The highest BCUT2D eigenvalue weighted by atomic mass is 32.2. The van der Waals surface area contributed by atoms with E-state index in [0.29, 0.717) is 11.8 Å². The highest BCUT2D eigenvalue weighted by Crippen LogP contribution is 2.30. The molecule has 1 atom stereocenters. The largest absolute Gasteiger partial charge is 0.377 e. The van der Waals surface area contributed by atoms with Crippen LogP contribution in [0, 0.1) is 0 Å². The van der Waals surface area contributed by atoms with Crippen molar-refractivity contribution in [3.05, 3.63) is 72.3 Å². The van der Waals surface area contributed by atoms with Gasteiger partial charge in [-0.05, 0) is 24.1 Å². The summed E-state index contributed by atoms with van der Waals surface area (Å²) in [6, 6.07) is 20.5. The molecule has 1 unspecified atom stereocenters. The summed E-state index contributed by atoms with van der Waals surface area (Å²) in [6.45, 7) is 0.182. The van der Waals surface area contributed by atoms with E-state index in [-0.39, 0.29) is 17.5 Å². The Morgan fingerprint density at radius 1 is 0.926 bits per heavy atom. The van der Waals surface area contributed by atoms with Gasteiger partial charge in [-0.1, -0.05) is 54.6 Å². The lowest BCUT2D eigenvalue weighted by molar-refractivity contribution is 0.567. The van der Waals surface area contributed by atoms with Crippen molar-refractivity contribution in [2.75, 3.05) is 25.5 Å². The lowest BCUT2D eigenvalue weighted by Gasteiger charge is -2.18. The van der Waals surface area contributed by atoms with E-state index in [1.54, 1.807) is 12.1 Å². The molecule has 0 aliphatic carbocycles. The lowest BCUT2D eigenvalue weighted by Crippen LogP contribution is -2.38. The summed E-state index contributed by atoms with van der Waals surface area (Å²) in [5.74, 6) is 0. The van der Waals surface area contributed by atoms with E-state index in [9.17, 15) is 8.42 Å². The van der Waals surface area contributed by atoms with Crippen molar-refractivity contribution in [1.29, 1.82) is 0 Å². The number of fused-ring (bicyclic) bond motifs is 1. The Labute approximate surface area is 160 Å². The van der Waals surface area contributed by atoms with Crippen LogP contribution in [0.1, 0.15) is 5.56 Å². The second-order valence-electron chi connectivity index (χ2n) is 6.82. The van der Waals surface area contributed by atoms with Gasteiger partial charge in [0.2, 0.25) is 10.0 Å². The number of hydrogen-bond acceptors (Lipinski definition) is 4. The first-order valence-electron chi connectivity index (χ1n) is 8.87. The third-order valence-corrected chi connectivity index (χ3v) is 5.99. The number of nitrogens with zero attached hydrogens (tertiary/aromatic N) is 1. The average molecular weight is 384 g/mol. The van der Waals surface area contributed by atoms with Gasteiger partial charge in [0, 0.05) is 43.1 Å². The SMILES string of the molecule is CN(C)c1cccc2c(S(=O)(=O)NCC(N)Cc3ccccc3)cccc12. The van der Waals surface area contributed by atoms with Gasteiger partial charge in [0.05, 0.1) is 4.90 Å². The number of anilines is 1. The molecule has 0 radical (unpaired) electrons. The van der Waals surface area contributed by atoms with E-state index >= 15 is 0 Å². The number of nitrogens with two attached hydrogens (primary N) is 1. The maximum atomic E-state index is 12.9. The van der Waals surface area contributed by atoms with Gasteiger partial charge in [0.1, 0.15) is 0 Å². The third kappa shape index (κ3) is 4.47. The number of benzene rings is 3. The van der Waals surface area contributed by atoms with Gasteiger partial charge < -0.3 is 10.6 Å². The molecule has 0 aliphatic rings. The van der Waals surface area contributed by atoms with Crippen molar-refractivity contribution in [2.45, 2.75) is 17.4 Å². The first-order valence-corrected chi connectivity index (χ1v) is 10.3. The van der Waals surface area contributed by atoms with E-state index in [1.165, 1.54) is 0 Å². The average Bonchev–Trinajstić information content (AvgIpc) is 2.66. The van der Waals surface area contributed by atoms with E-state index in [2.05, 4.69) is 4.72 Å². The minimum atomic E-state index is -3.67. The molecule has 3 aromatic rings. The molecule has 0 bridgehead atoms. The van der Waals surface area contributed by atoms with Crippen molar-refractivity contribution in [1.82, 2.24) is 4.72 Å². The maximum absolute atomic E-state index is 12.9. The highest BCUT2D eigenvalue weighted by Gasteiger charge is 2.19. The predicted molar refractivity (Wildman–Crippen MR) is 112 cm³/mol. The fraction of sp³-hybridized carbons (Fsp3) is 0.238. The monoisotopic (exact) mass is 383 g/mol. The molecule has 3 rings (SSSR count). The molecule has 0 amide bonds. The van der Waals surface area contributed by atoms with Crippen LogP contribution >= 0.6 is 0 Å². The molecule has 0 saturated heterocycles. The van der Waals surface area contributed by atoms with Gasteiger partial charge in [0.25, 0.3) is 0 Å². The smallest absolute Gasteiger partial charge is 0.241 e. The summed E-state index contributed by atoms with van der Waals surface area (Å²) in [4.78, 5) is 2.25. The summed E-state index contributed by atoms with van der Waals surface area (Å²) < 4.78 is 28.5. The zero-order valence-electron chi connectivity index (χ0n) is 15.6. The molecule has 27 heavy (non-hydrogen) atoms. The molecule has 5 nitrogen and oxygen atoms in total. The van der Waals surface area contributed by atoms with Crippen molar-refractivity contribution in [3.63, 3.8) is 0 Å². The number of nitrogens with one attached hydrogen (secondary N) is 1. The molecular formula is C21H25N3O2S. The molecule has 0 spiro atoms. The second kappa shape index (κ2) is 8.08. The molecule has 6 heteroatoms. The maximum Gasteiger partial charge on any atom is 0.241 e. The Bertz CT molecular complexity index is 1020. The molecule has 0 saturated carbocycles. The third-order valence-electron chi connectivity index (χ3n) is 4.51. The Morgan fingerprint density at radius 3 is 2.30 bits per heavy atom. The van der Waals surface area contributed by atoms with Crippen LogP contribution in [0.3, 0.4) is 0 Å². The molecule has 0 aromatic heterocycles. The Morgan fingerprint density at radius 2 is 1.59 bits per heavy atom. The summed E-state index contributed by atoms with van der Waals surface area (Å²) in [5, 5.41) is 1.60. The zero-order chi connectivity index (χ0) is 19.4. The van der Waals surface area contributed by atoms with Gasteiger partial charge in [-0.15, -0.1) is 0 Å². The summed E-state index contributed by atoms with van der Waals surface area (Å²) >= 11 is 0. The normalized spacial score (nSPS) is 12.9. The topological polar surface area (TPSA) is 75.4 Å². The lowest BCUT2D eigenvalue weighted by atomic mass is 10.1. The molecule has 0 fully saturated rings. The van der Waals surface area contributed by atoms with E-state index in [1.807, 2.05) is 73.6 Å². The summed E-state index contributed by atoms with van der Waals surface area (Å²) in [6.07, 6.45) is 0.615. The van der Waals surface area contributed by atoms with E-state index in [4.69, 9.17) is 5.73 Å². The fourth-order valence-corrected chi connectivity index (χ4v) is 4.49. The number of rotatable bonds is 7. The van der Waals surface area contributed by atoms with Crippen molar-refractivity contribution >= 4 is 26.5 Å². The van der Waals surface area contributed by atoms with Gasteiger partial charge in [-0.2, -0.15) is 0 Å². The number of sulfonamides is 1. The predicted octanol–water partition coefficient (Wildman–Crippen LogP) is 2.75. The minimum absolute atomic E-state index is 0.182. The van der Waals surface area contributed by atoms with E-state index < -0.39 is 10.0 Å². The fourth-order valence-electron chi connectivity index (χ4n) is 3.17. The molecular weight excluding hydrogens is 358 g/mol. The van der Waals surface area contributed by atoms with Crippen LogP contribution in [0.2, 0.25) is 0 Å². The number of hydrogen-bond donors (Lipinski definition) is 2. The first kappa shape index (κ1) is 19.4. The standard InChI is InChI=1S/C21H25N3O2S/c1-24(2)20-12-6-11-19-18(20)10-7-13-21(19)27(25,26)23-15-17(22)14-16-8-4-3-5-9-16/h3-13,17,23H,14-15,22H2,1-2H3. The van der Waals surface area contributed by atoms with Crippen LogP contribution in [-0.2, 0) is 16.4 Å². The zero-order valence-corrected chi connectivity index (χ0v) is 16.4. The Balaban J connectivity index is 1.82. The minimum Gasteiger partial charge on any atom is -0.377 e. The van der Waals surface area contributed by atoms with E-state index in [0.717, 1.165) is 16.6 Å². The molecule has 3 N–H and O–H groups in total. The van der Waals surface area contributed by atoms with Crippen LogP contribution in [0.5, 0.6) is 0 Å². The molecule has 0 aliphatic heterocycles. The first-order chi connectivity index (χ1) is 12.9. The van der Waals surface area contributed by atoms with Gasteiger partial charge in [0.15, 0.2) is 0 Å². The second-order valence-corrected chi connectivity index (χ2v) is 8.56. The van der Waals surface area contributed by atoms with Crippen molar-refractivity contribution in [3.8, 4) is 0 Å². The van der Waals surface area contributed by atoms with Gasteiger partial charge in [-0.3, -0.25) is 0 Å². The summed E-state index contributed by atoms with van der Waals surface area (Å²) in [5.41, 5.74) is 8.20. The van der Waals surface area contributed by atoms with Crippen LogP contribution in [0.25, 0.3) is 10.8 Å². The van der Waals surface area contributed by atoms with Gasteiger partial charge >= 0.3 is 0 Å². The van der Waals surface area contributed by atoms with Gasteiger partial charge in [-0.25, -0.2) is 13.1 Å². The summed E-state index contributed by atoms with van der Waals surface area (Å²) in [7, 11) is 0.217. The molecule has 3 aromatic carbocycles. The van der Waals surface area contributed by atoms with Crippen molar-refractivity contribution in [2.24, 2.45) is 5.73 Å². The molecule has 142 valence electrons. The quantitative estimate of drug-likeness (QED) is 0.658. The van der Waals surface area contributed by atoms with Crippen LogP contribution in [0.15, 0.2) is 71.6 Å². The molecule has 0 heterocycles. The Kier molecular flexibility index (Phi) is 5.79. The Hall–Kier alpha value is -2.41. The van der Waals surface area contributed by atoms with Crippen LogP contribution in [-0.4, -0.2) is 35.1 Å². The van der Waals surface area contributed by atoms with Crippen molar-refractivity contribution < 1.29 is 8.42 Å².